The Morgan fingerprint density at radius 2 is 1.00 bits per heavy atom. The van der Waals surface area contributed by atoms with Crippen molar-refractivity contribution in [3.8, 4) is 44.5 Å². The van der Waals surface area contributed by atoms with Gasteiger partial charge in [0, 0.05) is 20.3 Å². The van der Waals surface area contributed by atoms with Crippen molar-refractivity contribution in [3.63, 3.8) is 0 Å². The summed E-state index contributed by atoms with van der Waals surface area (Å²) in [5.74, 6) is 0. The maximum Gasteiger partial charge on any atom is 0.136 e. The van der Waals surface area contributed by atoms with Gasteiger partial charge in [0.15, 0.2) is 0 Å². The van der Waals surface area contributed by atoms with E-state index in [0.29, 0.717) is 0 Å². The van der Waals surface area contributed by atoms with Crippen LogP contribution in [0.1, 0.15) is 67.4 Å². The van der Waals surface area contributed by atoms with Crippen LogP contribution in [0.15, 0.2) is 174 Å². The Hall–Kier alpha value is -6.44. The summed E-state index contributed by atoms with van der Waals surface area (Å²) in [7, 11) is 0. The highest BCUT2D eigenvalue weighted by atomic mass is 16.3. The molecule has 1 nitrogen and oxygen atoms in total. The van der Waals surface area contributed by atoms with E-state index in [9.17, 15) is 19.2 Å². The Kier molecular flexibility index (Phi) is 2.50. The molecule has 1 heteroatoms. The molecular formula is C51H34O. The van der Waals surface area contributed by atoms with E-state index in [1.54, 1.807) is 0 Å². The molecule has 0 saturated heterocycles. The summed E-state index contributed by atoms with van der Waals surface area (Å²) in [6.45, 7) is -2.23. The number of fused-ring (bicyclic) bond motifs is 10. The molecule has 9 aromatic carbocycles. The van der Waals surface area contributed by atoms with Crippen molar-refractivity contribution in [2.75, 3.05) is 0 Å². The molecule has 10 aromatic rings. The van der Waals surface area contributed by atoms with Crippen molar-refractivity contribution in [3.05, 3.63) is 180 Å². The van der Waals surface area contributed by atoms with Crippen LogP contribution in [0, 0.1) is 0 Å². The van der Waals surface area contributed by atoms with Crippen molar-refractivity contribution < 1.29 is 46.9 Å². The van der Waals surface area contributed by atoms with Gasteiger partial charge in [0.2, 0.25) is 0 Å². The maximum absolute atomic E-state index is 9.94. The molecule has 1 heterocycles. The third-order valence-corrected chi connectivity index (χ3v) is 9.20. The van der Waals surface area contributed by atoms with E-state index in [2.05, 4.69) is 0 Å². The van der Waals surface area contributed by atoms with Gasteiger partial charge in [-0.05, 0) is 112 Å². The minimum Gasteiger partial charge on any atom is -0.456 e. The second-order valence-corrected chi connectivity index (χ2v) is 12.1. The average Bonchev–Trinajstić information content (AvgIpc) is 2.08. The maximum atomic E-state index is 9.94. The van der Waals surface area contributed by atoms with E-state index in [4.69, 9.17) is 27.7 Å². The van der Waals surface area contributed by atoms with Crippen molar-refractivity contribution in [2.45, 2.75) is 19.2 Å². The topological polar surface area (TPSA) is 13.1 Å². The summed E-state index contributed by atoms with van der Waals surface area (Å²) in [5.41, 5.74) is -11.0. The Balaban J connectivity index is 1.33. The standard InChI is InChI=1S/C51H34O/c1-51(2)44-18-10-9-13-37(44)38-26-23-34(30-45(38)51)31-19-21-33(22-20-31)48-39-14-5-7-16-41(39)49(42-17-8-6-15-40(42)48)35-25-27-46-43(29-35)50-36-12-4-3-11-32(36)24-28-47(50)52-46/h3-30H,1-2H3/i1D3,3D,4D,5D,6D,7D,8D,9D,10D,11D,12D,13D,14D,15D,16D,17D,18D,19D,20D,21D,22D,23D,24D,25D,26D,27D,28D,29D,30D. The highest BCUT2D eigenvalue weighted by Crippen LogP contribution is 2.50. The highest BCUT2D eigenvalue weighted by molar-refractivity contribution is 6.23. The van der Waals surface area contributed by atoms with Gasteiger partial charge in [-0.2, -0.15) is 0 Å². The number of furan rings is 1. The second kappa shape index (κ2) is 10.8. The molecule has 0 N–H and O–H groups in total. The van der Waals surface area contributed by atoms with Crippen LogP contribution in [-0.2, 0) is 5.41 Å². The Morgan fingerprint density at radius 3 is 1.73 bits per heavy atom. The van der Waals surface area contributed by atoms with Gasteiger partial charge in [0.25, 0.3) is 0 Å². The zero-order valence-electron chi connectivity index (χ0n) is 57.4. The van der Waals surface area contributed by atoms with Crippen LogP contribution in [0.25, 0.3) is 98.8 Å². The van der Waals surface area contributed by atoms with Crippen LogP contribution in [0.3, 0.4) is 0 Å². The van der Waals surface area contributed by atoms with Gasteiger partial charge >= 0.3 is 0 Å². The molecule has 1 atom stereocenters. The monoisotopic (exact) mass is 693 g/mol. The second-order valence-electron chi connectivity index (χ2n) is 12.1. The summed E-state index contributed by atoms with van der Waals surface area (Å²) in [4.78, 5) is 0. The first-order valence-corrected chi connectivity index (χ1v) is 15.7. The minimum absolute atomic E-state index is 0.424. The summed E-state index contributed by atoms with van der Waals surface area (Å²) in [5, 5.41) is -5.07. The molecular weight excluding hydrogens is 629 g/mol. The van der Waals surface area contributed by atoms with Crippen molar-refractivity contribution in [1.29, 1.82) is 0 Å². The first kappa shape index (κ1) is 12.1. The Labute approximate surface area is 346 Å². The van der Waals surface area contributed by atoms with Gasteiger partial charge < -0.3 is 4.42 Å². The molecule has 1 aromatic heterocycles. The van der Waals surface area contributed by atoms with Crippen molar-refractivity contribution in [1.82, 2.24) is 0 Å². The predicted molar refractivity (Wildman–Crippen MR) is 220 cm³/mol. The number of benzene rings is 9. The van der Waals surface area contributed by atoms with Crippen LogP contribution in [0.4, 0.5) is 0 Å². The molecule has 52 heavy (non-hydrogen) atoms. The van der Waals surface area contributed by atoms with Gasteiger partial charge in [0.1, 0.15) is 11.2 Å². The fourth-order valence-corrected chi connectivity index (χ4v) is 6.86. The van der Waals surface area contributed by atoms with E-state index in [1.807, 2.05) is 0 Å². The number of hydrogen-bond acceptors (Lipinski definition) is 1. The largest absolute Gasteiger partial charge is 0.456 e. The molecule has 0 fully saturated rings. The molecule has 0 bridgehead atoms. The minimum atomic E-state index is -3.27. The van der Waals surface area contributed by atoms with E-state index < -0.39 is 291 Å². The SMILES string of the molecule is [2H]c1c([2H])c([2H])c2c(c1[2H])-c1c([2H])c([2H])c(-c3c([2H])c([2H])c(-c4c5c([2H])c([2H])c([2H])c([2H])c5c(-c5c([2H])c([2H])c6oc7c([2H])c([2H])c8c([2H])c([2H])c([2H])c([2H])c8c7c6c5[2H])c5c([2H])c([2H])c([2H])c([2H])c45)c([2H])c3[2H])c([2H])c1C2(C)C([2H])([2H])[2H]. The van der Waals surface area contributed by atoms with Crippen LogP contribution < -0.4 is 0 Å². The lowest BCUT2D eigenvalue weighted by molar-refractivity contribution is 0.660. The third kappa shape index (κ3) is 4.11. The summed E-state index contributed by atoms with van der Waals surface area (Å²) < 4.78 is 288. The van der Waals surface area contributed by atoms with E-state index >= 15 is 0 Å². The molecule has 0 saturated carbocycles. The molecule has 0 aliphatic heterocycles. The molecule has 1 aliphatic rings. The van der Waals surface area contributed by atoms with E-state index in [-0.39, 0.29) is 0 Å². The molecule has 1 unspecified atom stereocenters. The Bertz CT molecular complexity index is 4710. The zero-order valence-corrected chi connectivity index (χ0v) is 26.4. The van der Waals surface area contributed by atoms with Crippen LogP contribution in [-0.4, -0.2) is 0 Å². The van der Waals surface area contributed by atoms with Gasteiger partial charge in [0.05, 0.1) is 38.4 Å². The average molecular weight is 694 g/mol. The molecule has 0 spiro atoms. The fourth-order valence-electron chi connectivity index (χ4n) is 6.86. The van der Waals surface area contributed by atoms with Gasteiger partial charge in [-0.3, -0.25) is 0 Å². The lowest BCUT2D eigenvalue weighted by Crippen LogP contribution is -2.14. The molecule has 244 valence electrons. The molecule has 0 radical (unpaired) electrons. The Morgan fingerprint density at radius 1 is 0.442 bits per heavy atom. The van der Waals surface area contributed by atoms with Crippen LogP contribution >= 0.6 is 0 Å². The summed E-state index contributed by atoms with van der Waals surface area (Å²) in [6.07, 6.45) is 0. The van der Waals surface area contributed by atoms with Gasteiger partial charge in [-0.15, -0.1) is 0 Å². The van der Waals surface area contributed by atoms with Crippen LogP contribution in [0.5, 0.6) is 0 Å². The fraction of sp³-hybridized carbons (Fsp3) is 0.0588. The molecule has 0 amide bonds. The van der Waals surface area contributed by atoms with Gasteiger partial charge in [-0.1, -0.05) is 159 Å². The smallest absolute Gasteiger partial charge is 0.136 e. The summed E-state index contributed by atoms with van der Waals surface area (Å²) in [6, 6.07) is -26.6. The normalized spacial score (nSPS) is 23.8. The number of hydrogen-bond donors (Lipinski definition) is 0. The van der Waals surface area contributed by atoms with Crippen molar-refractivity contribution in [2.24, 2.45) is 0 Å². The molecule has 11 rings (SSSR count). The first-order valence-electron chi connectivity index (χ1n) is 31.2. The number of rotatable bonds is 3. The first-order chi connectivity index (χ1) is 38.5. The predicted octanol–water partition coefficient (Wildman–Crippen LogP) is 14.4. The van der Waals surface area contributed by atoms with Crippen LogP contribution in [0.2, 0.25) is 0 Å². The lowest BCUT2D eigenvalue weighted by Gasteiger charge is -2.22. The lowest BCUT2D eigenvalue weighted by atomic mass is 9.81. The van der Waals surface area contributed by atoms with Crippen molar-refractivity contribution >= 4 is 54.3 Å². The third-order valence-electron chi connectivity index (χ3n) is 9.20. The zero-order chi connectivity index (χ0) is 61.4. The van der Waals surface area contributed by atoms with E-state index in [1.165, 1.54) is 0 Å². The summed E-state index contributed by atoms with van der Waals surface area (Å²) >= 11 is 0. The van der Waals surface area contributed by atoms with Gasteiger partial charge in [-0.25, -0.2) is 0 Å². The quantitative estimate of drug-likeness (QED) is 0.168. The van der Waals surface area contributed by atoms with E-state index in [0.717, 1.165) is 6.92 Å². The molecule has 1 aliphatic carbocycles. The highest BCUT2D eigenvalue weighted by Gasteiger charge is 2.35.